The van der Waals surface area contributed by atoms with E-state index in [1.54, 1.807) is 7.11 Å². The molecule has 0 radical (unpaired) electrons. The largest absolute Gasteiger partial charge is 0.501 e. The van der Waals surface area contributed by atoms with Gasteiger partial charge in [0.2, 0.25) is 0 Å². The summed E-state index contributed by atoms with van der Waals surface area (Å²) in [6.45, 7) is 2.26. The van der Waals surface area contributed by atoms with Gasteiger partial charge in [-0.2, -0.15) is 0 Å². The number of ether oxygens (including phenoxy) is 1. The Hall–Kier alpha value is -1.05. The first-order valence-corrected chi connectivity index (χ1v) is 9.65. The van der Waals surface area contributed by atoms with Crippen LogP contribution in [0, 0.1) is 35.0 Å². The molecule has 3 fully saturated rings. The molecule has 0 amide bonds. The molecule has 0 spiro atoms. The molecule has 4 aliphatic carbocycles. The number of fused-ring (bicyclic) bond motifs is 5. The molecule has 126 valence electrons. The van der Waals surface area contributed by atoms with Crippen molar-refractivity contribution in [3.8, 4) is 0 Å². The fraction of sp³-hybridized carbons (Fsp3) is 0.762. The zero-order valence-electron chi connectivity index (χ0n) is 14.6. The Morgan fingerprint density at radius 3 is 2.96 bits per heavy atom. The Kier molecular flexibility index (Phi) is 3.90. The lowest BCUT2D eigenvalue weighted by molar-refractivity contribution is -0.135. The molecule has 0 aromatic rings. The van der Waals surface area contributed by atoms with Crippen molar-refractivity contribution in [3.63, 3.8) is 0 Å². The first kappa shape index (κ1) is 15.5. The molecular weight excluding hydrogens is 284 g/mol. The predicted octanol–water partition coefficient (Wildman–Crippen LogP) is 4.90. The van der Waals surface area contributed by atoms with Gasteiger partial charge in [-0.15, -0.1) is 0 Å². The number of carbonyl (C=O) groups is 1. The molecule has 0 saturated heterocycles. The predicted molar refractivity (Wildman–Crippen MR) is 91.7 cm³/mol. The van der Waals surface area contributed by atoms with Crippen LogP contribution >= 0.6 is 0 Å². The molecule has 0 N–H and O–H groups in total. The fourth-order valence-corrected chi connectivity index (χ4v) is 6.31. The van der Waals surface area contributed by atoms with Crippen LogP contribution in [-0.4, -0.2) is 12.9 Å². The summed E-state index contributed by atoms with van der Waals surface area (Å²) >= 11 is 0. The van der Waals surface area contributed by atoms with Crippen LogP contribution in [0.4, 0.5) is 0 Å². The van der Waals surface area contributed by atoms with Crippen molar-refractivity contribution < 1.29 is 9.53 Å². The van der Waals surface area contributed by atoms with Crippen molar-refractivity contribution >= 4 is 5.78 Å². The van der Waals surface area contributed by atoms with Crippen molar-refractivity contribution in [3.05, 3.63) is 24.0 Å². The first-order valence-electron chi connectivity index (χ1n) is 9.65. The SMILES string of the molecule is CCC12CCC3CCC/C(OC)=C\C=C\CC3C1C1C[C@@H]1C2=O. The standard InChI is InChI=1S/C21H30O2/c1-3-21-12-11-14-7-6-9-15(23-2)8-4-5-10-16(14)19(21)17-13-18(17)20(21)22/h4-5,8,14,16-19H,3,6-7,9-13H2,1-2H3/b5-4+,15-8+/t14?,16?,17?,18-,19?,21?/m0/s1. The van der Waals surface area contributed by atoms with Gasteiger partial charge < -0.3 is 4.74 Å². The lowest BCUT2D eigenvalue weighted by Crippen LogP contribution is -2.45. The van der Waals surface area contributed by atoms with E-state index in [1.807, 2.05) is 0 Å². The molecule has 2 nitrogen and oxygen atoms in total. The third-order valence-electron chi connectivity index (χ3n) is 7.51. The molecule has 0 aromatic heterocycles. The lowest BCUT2D eigenvalue weighted by atomic mass is 9.55. The molecular formula is C21H30O2. The van der Waals surface area contributed by atoms with E-state index < -0.39 is 0 Å². The zero-order chi connectivity index (χ0) is 16.0. The van der Waals surface area contributed by atoms with E-state index in [9.17, 15) is 4.79 Å². The number of carbonyl (C=O) groups excluding carboxylic acids is 1. The van der Waals surface area contributed by atoms with E-state index in [4.69, 9.17) is 4.74 Å². The van der Waals surface area contributed by atoms with Gasteiger partial charge in [-0.05, 0) is 74.7 Å². The van der Waals surface area contributed by atoms with E-state index in [0.717, 1.165) is 49.2 Å². The Morgan fingerprint density at radius 1 is 1.30 bits per heavy atom. The van der Waals surface area contributed by atoms with Gasteiger partial charge in [-0.1, -0.05) is 19.1 Å². The number of methoxy groups -OCH3 is 1. The monoisotopic (exact) mass is 314 g/mol. The molecule has 0 heterocycles. The van der Waals surface area contributed by atoms with Gasteiger partial charge in [-0.3, -0.25) is 4.79 Å². The molecule has 4 aliphatic rings. The highest BCUT2D eigenvalue weighted by Crippen LogP contribution is 2.69. The van der Waals surface area contributed by atoms with Crippen LogP contribution in [0.25, 0.3) is 0 Å². The third-order valence-corrected chi connectivity index (χ3v) is 7.51. The van der Waals surface area contributed by atoms with E-state index in [0.29, 0.717) is 17.6 Å². The van der Waals surface area contributed by atoms with E-state index >= 15 is 0 Å². The van der Waals surface area contributed by atoms with Gasteiger partial charge in [-0.25, -0.2) is 0 Å². The van der Waals surface area contributed by atoms with Gasteiger partial charge >= 0.3 is 0 Å². The highest BCUT2D eigenvalue weighted by Gasteiger charge is 2.69. The zero-order valence-corrected chi connectivity index (χ0v) is 14.6. The Bertz CT molecular complexity index is 546. The smallest absolute Gasteiger partial charge is 0.142 e. The minimum atomic E-state index is 0.0558. The molecule has 3 saturated carbocycles. The Morgan fingerprint density at radius 2 is 2.17 bits per heavy atom. The number of hydrogen-bond acceptors (Lipinski definition) is 2. The Labute approximate surface area is 140 Å². The Balaban J connectivity index is 1.62. The fourth-order valence-electron chi connectivity index (χ4n) is 6.31. The van der Waals surface area contributed by atoms with E-state index in [1.165, 1.54) is 25.7 Å². The second-order valence-electron chi connectivity index (χ2n) is 8.26. The van der Waals surface area contributed by atoms with Crippen molar-refractivity contribution in [1.29, 1.82) is 0 Å². The molecule has 23 heavy (non-hydrogen) atoms. The van der Waals surface area contributed by atoms with E-state index in [2.05, 4.69) is 25.2 Å². The molecule has 0 bridgehead atoms. The van der Waals surface area contributed by atoms with Crippen LogP contribution in [0.15, 0.2) is 24.0 Å². The summed E-state index contributed by atoms with van der Waals surface area (Å²) in [5.41, 5.74) is 0.0558. The van der Waals surface area contributed by atoms with Gasteiger partial charge in [0.25, 0.3) is 0 Å². The average Bonchev–Trinajstić information content (AvgIpc) is 3.32. The van der Waals surface area contributed by atoms with Crippen LogP contribution in [0.3, 0.4) is 0 Å². The first-order chi connectivity index (χ1) is 11.2. The summed E-state index contributed by atoms with van der Waals surface area (Å²) in [4.78, 5) is 12.9. The molecule has 0 aliphatic heterocycles. The van der Waals surface area contributed by atoms with Crippen molar-refractivity contribution in [1.82, 2.24) is 0 Å². The van der Waals surface area contributed by atoms with Crippen LogP contribution in [-0.2, 0) is 9.53 Å². The lowest BCUT2D eigenvalue weighted by Gasteiger charge is -2.48. The molecule has 6 atom stereocenters. The maximum Gasteiger partial charge on any atom is 0.142 e. The second-order valence-corrected chi connectivity index (χ2v) is 8.26. The summed E-state index contributed by atoms with van der Waals surface area (Å²) in [5, 5.41) is 0. The van der Waals surface area contributed by atoms with Crippen molar-refractivity contribution in [2.24, 2.45) is 35.0 Å². The number of Topliss-reactive ketones (excluding diaryl/α,β-unsaturated/α-hetero) is 1. The van der Waals surface area contributed by atoms with E-state index in [-0.39, 0.29) is 5.41 Å². The topological polar surface area (TPSA) is 26.3 Å². The summed E-state index contributed by atoms with van der Waals surface area (Å²) in [6, 6.07) is 0. The average molecular weight is 314 g/mol. The quantitative estimate of drug-likeness (QED) is 0.724. The minimum absolute atomic E-state index is 0.0558. The van der Waals surface area contributed by atoms with Crippen LogP contribution in [0.5, 0.6) is 0 Å². The van der Waals surface area contributed by atoms with Crippen molar-refractivity contribution in [2.75, 3.05) is 7.11 Å². The second kappa shape index (κ2) is 5.79. The van der Waals surface area contributed by atoms with Crippen molar-refractivity contribution in [2.45, 2.75) is 58.3 Å². The minimum Gasteiger partial charge on any atom is -0.501 e. The molecule has 5 unspecified atom stereocenters. The summed E-state index contributed by atoms with van der Waals surface area (Å²) in [7, 11) is 1.78. The van der Waals surface area contributed by atoms with Gasteiger partial charge in [0.05, 0.1) is 12.9 Å². The molecule has 4 rings (SSSR count). The van der Waals surface area contributed by atoms with Crippen LogP contribution in [0.1, 0.15) is 58.3 Å². The number of rotatable bonds is 2. The van der Waals surface area contributed by atoms with Crippen LogP contribution < -0.4 is 0 Å². The number of hydrogen-bond donors (Lipinski definition) is 0. The van der Waals surface area contributed by atoms with Gasteiger partial charge in [0.1, 0.15) is 5.78 Å². The van der Waals surface area contributed by atoms with Gasteiger partial charge in [0.15, 0.2) is 0 Å². The normalized spacial score (nSPS) is 49.2. The van der Waals surface area contributed by atoms with Gasteiger partial charge in [0, 0.05) is 17.8 Å². The maximum atomic E-state index is 12.9. The summed E-state index contributed by atoms with van der Waals surface area (Å²) in [6.07, 6.45) is 16.1. The van der Waals surface area contributed by atoms with Crippen LogP contribution in [0.2, 0.25) is 0 Å². The summed E-state index contributed by atoms with van der Waals surface area (Å²) in [5.74, 6) is 5.16. The maximum absolute atomic E-state index is 12.9. The molecule has 0 aromatic carbocycles. The highest BCUT2D eigenvalue weighted by atomic mass is 16.5. The number of allylic oxidation sites excluding steroid dienone is 4. The summed E-state index contributed by atoms with van der Waals surface area (Å²) < 4.78 is 5.46. The highest BCUT2D eigenvalue weighted by molar-refractivity contribution is 5.93. The molecule has 2 heteroatoms. The number of ketones is 1. The third kappa shape index (κ3) is 2.32.